The van der Waals surface area contributed by atoms with Gasteiger partial charge >= 0.3 is 0 Å². The quantitative estimate of drug-likeness (QED) is 0.785. The fraction of sp³-hybridized carbons (Fsp3) is 0.600. The third-order valence-electron chi connectivity index (χ3n) is 2.69. The zero-order chi connectivity index (χ0) is 10.8. The van der Waals surface area contributed by atoms with Crippen LogP contribution in [-0.2, 0) is 18.4 Å². The second kappa shape index (κ2) is 4.23. The highest BCUT2D eigenvalue weighted by molar-refractivity contribution is 6.27. The first-order valence-electron chi connectivity index (χ1n) is 5.05. The summed E-state index contributed by atoms with van der Waals surface area (Å²) >= 11 is 5.41. The molecule has 5 heteroatoms. The molecule has 0 unspecified atom stereocenters. The van der Waals surface area contributed by atoms with Gasteiger partial charge in [0.05, 0.1) is 18.4 Å². The van der Waals surface area contributed by atoms with Crippen molar-refractivity contribution in [3.8, 4) is 0 Å². The van der Waals surface area contributed by atoms with E-state index in [-0.39, 0.29) is 11.8 Å². The molecule has 0 aliphatic heterocycles. The molecule has 4 nitrogen and oxygen atoms in total. The molecule has 82 valence electrons. The third-order valence-corrected chi connectivity index (χ3v) is 2.93. The number of rotatable bonds is 4. The van der Waals surface area contributed by atoms with Gasteiger partial charge in [0.1, 0.15) is 5.88 Å². The van der Waals surface area contributed by atoms with Gasteiger partial charge in [-0.25, -0.2) is 0 Å². The van der Waals surface area contributed by atoms with Crippen molar-refractivity contribution >= 4 is 17.5 Å². The molecule has 1 aliphatic carbocycles. The van der Waals surface area contributed by atoms with Crippen LogP contribution in [0, 0.1) is 0 Å². The lowest BCUT2D eigenvalue weighted by Gasteiger charge is -2.06. The highest BCUT2D eigenvalue weighted by Gasteiger charge is 2.28. The van der Waals surface area contributed by atoms with Gasteiger partial charge in [-0.3, -0.25) is 9.48 Å². The first-order chi connectivity index (χ1) is 7.22. The Bertz CT molecular complexity index is 371. The summed E-state index contributed by atoms with van der Waals surface area (Å²) in [7, 11) is 1.90. The Balaban J connectivity index is 2.05. The molecule has 1 heterocycles. The number of aromatic nitrogens is 2. The molecule has 1 aromatic rings. The van der Waals surface area contributed by atoms with Crippen LogP contribution in [0.2, 0.25) is 0 Å². The normalized spacial score (nSPS) is 15.3. The average molecular weight is 228 g/mol. The van der Waals surface area contributed by atoms with Gasteiger partial charge in [0.15, 0.2) is 0 Å². The number of nitrogens with zero attached hydrogens (tertiary/aromatic N) is 2. The van der Waals surface area contributed by atoms with Crippen molar-refractivity contribution in [1.82, 2.24) is 15.1 Å². The van der Waals surface area contributed by atoms with Crippen LogP contribution in [0.25, 0.3) is 0 Å². The van der Waals surface area contributed by atoms with Crippen LogP contribution in [0.5, 0.6) is 0 Å². The maximum absolute atomic E-state index is 11.0. The van der Waals surface area contributed by atoms with Crippen LogP contribution in [-0.4, -0.2) is 21.6 Å². The van der Waals surface area contributed by atoms with Crippen LogP contribution in [0.1, 0.15) is 30.0 Å². The van der Waals surface area contributed by atoms with E-state index in [2.05, 4.69) is 10.4 Å². The van der Waals surface area contributed by atoms with E-state index < -0.39 is 0 Å². The Morgan fingerprint density at radius 2 is 2.47 bits per heavy atom. The van der Waals surface area contributed by atoms with E-state index in [9.17, 15) is 4.79 Å². The minimum atomic E-state index is -0.139. The Hall–Kier alpha value is -1.03. The Labute approximate surface area is 93.6 Å². The van der Waals surface area contributed by atoms with E-state index in [0.29, 0.717) is 12.5 Å². The van der Waals surface area contributed by atoms with Gasteiger partial charge in [-0.15, -0.1) is 11.6 Å². The number of aryl methyl sites for hydroxylation is 1. The SMILES string of the molecule is Cn1ncc(C2CC2)c1CNC(=O)CCl. The number of carbonyl (C=O) groups excluding carboxylic acids is 1. The zero-order valence-electron chi connectivity index (χ0n) is 8.66. The smallest absolute Gasteiger partial charge is 0.235 e. The number of amides is 1. The number of alkyl halides is 1. The van der Waals surface area contributed by atoms with Gasteiger partial charge in [0.2, 0.25) is 5.91 Å². The van der Waals surface area contributed by atoms with E-state index in [1.54, 1.807) is 0 Å². The fourth-order valence-electron chi connectivity index (χ4n) is 1.66. The Morgan fingerprint density at radius 3 is 3.07 bits per heavy atom. The zero-order valence-corrected chi connectivity index (χ0v) is 9.42. The highest BCUT2D eigenvalue weighted by atomic mass is 35.5. The van der Waals surface area contributed by atoms with Crippen LogP contribution in [0.4, 0.5) is 0 Å². The van der Waals surface area contributed by atoms with E-state index in [4.69, 9.17) is 11.6 Å². The first kappa shape index (κ1) is 10.5. The van der Waals surface area contributed by atoms with E-state index >= 15 is 0 Å². The molecule has 2 rings (SSSR count). The van der Waals surface area contributed by atoms with Crippen LogP contribution >= 0.6 is 11.6 Å². The topological polar surface area (TPSA) is 46.9 Å². The van der Waals surface area contributed by atoms with E-state index in [1.807, 2.05) is 17.9 Å². The van der Waals surface area contributed by atoms with Gasteiger partial charge in [0.25, 0.3) is 0 Å². The summed E-state index contributed by atoms with van der Waals surface area (Å²) < 4.78 is 1.82. The molecule has 0 bridgehead atoms. The third kappa shape index (κ3) is 2.31. The van der Waals surface area contributed by atoms with Crippen LogP contribution < -0.4 is 5.32 Å². The number of hydrogen-bond acceptors (Lipinski definition) is 2. The Kier molecular flexibility index (Phi) is 2.95. The van der Waals surface area contributed by atoms with Crippen molar-refractivity contribution in [2.45, 2.75) is 25.3 Å². The molecule has 1 N–H and O–H groups in total. The molecule has 0 aromatic carbocycles. The summed E-state index contributed by atoms with van der Waals surface area (Å²) in [5.41, 5.74) is 2.36. The summed E-state index contributed by atoms with van der Waals surface area (Å²) in [6.07, 6.45) is 4.38. The number of nitrogens with one attached hydrogen (secondary N) is 1. The number of hydrogen-bond donors (Lipinski definition) is 1. The second-order valence-corrected chi connectivity index (χ2v) is 4.12. The Morgan fingerprint density at radius 1 is 1.73 bits per heavy atom. The molecule has 0 spiro atoms. The molecule has 1 amide bonds. The summed E-state index contributed by atoms with van der Waals surface area (Å²) in [5, 5.41) is 6.98. The van der Waals surface area contributed by atoms with Crippen molar-refractivity contribution in [2.24, 2.45) is 7.05 Å². The number of halogens is 1. The molecule has 15 heavy (non-hydrogen) atoms. The first-order valence-corrected chi connectivity index (χ1v) is 5.59. The maximum Gasteiger partial charge on any atom is 0.235 e. The predicted octanol–water partition coefficient (Wildman–Crippen LogP) is 1.15. The molecule has 1 aromatic heterocycles. The summed E-state index contributed by atoms with van der Waals surface area (Å²) in [6, 6.07) is 0. The van der Waals surface area contributed by atoms with Crippen molar-refractivity contribution in [2.75, 3.05) is 5.88 Å². The molecular weight excluding hydrogens is 214 g/mol. The lowest BCUT2D eigenvalue weighted by Crippen LogP contribution is -2.25. The minimum absolute atomic E-state index is 0.0105. The van der Waals surface area contributed by atoms with Crippen LogP contribution in [0.15, 0.2) is 6.20 Å². The maximum atomic E-state index is 11.0. The van der Waals surface area contributed by atoms with Gasteiger partial charge in [-0.05, 0) is 24.3 Å². The standard InChI is InChI=1S/C10H14ClN3O/c1-14-9(6-12-10(15)4-11)8(5-13-14)7-2-3-7/h5,7H,2-4,6H2,1H3,(H,12,15). The van der Waals surface area contributed by atoms with Gasteiger partial charge < -0.3 is 5.32 Å². The molecule has 0 radical (unpaired) electrons. The minimum Gasteiger partial charge on any atom is -0.349 e. The lowest BCUT2D eigenvalue weighted by molar-refractivity contribution is -0.118. The number of carbonyl (C=O) groups is 1. The fourth-order valence-corrected chi connectivity index (χ4v) is 1.76. The van der Waals surface area contributed by atoms with Gasteiger partial charge in [0, 0.05) is 7.05 Å². The lowest BCUT2D eigenvalue weighted by atomic mass is 10.1. The predicted molar refractivity (Wildman–Crippen MR) is 57.7 cm³/mol. The van der Waals surface area contributed by atoms with Crippen molar-refractivity contribution in [3.63, 3.8) is 0 Å². The van der Waals surface area contributed by atoms with Crippen LogP contribution in [0.3, 0.4) is 0 Å². The summed E-state index contributed by atoms with van der Waals surface area (Å²) in [4.78, 5) is 11.0. The largest absolute Gasteiger partial charge is 0.349 e. The molecular formula is C10H14ClN3O. The van der Waals surface area contributed by atoms with E-state index in [0.717, 1.165) is 5.69 Å². The second-order valence-electron chi connectivity index (χ2n) is 3.85. The van der Waals surface area contributed by atoms with Crippen molar-refractivity contribution in [1.29, 1.82) is 0 Å². The monoisotopic (exact) mass is 227 g/mol. The molecule has 0 atom stereocenters. The summed E-state index contributed by atoms with van der Waals surface area (Å²) in [5.74, 6) is 0.526. The van der Waals surface area contributed by atoms with E-state index in [1.165, 1.54) is 18.4 Å². The summed E-state index contributed by atoms with van der Waals surface area (Å²) in [6.45, 7) is 0.522. The van der Waals surface area contributed by atoms with Crippen molar-refractivity contribution < 1.29 is 4.79 Å². The van der Waals surface area contributed by atoms with Gasteiger partial charge in [-0.1, -0.05) is 0 Å². The molecule has 1 saturated carbocycles. The molecule has 1 aliphatic rings. The van der Waals surface area contributed by atoms with Crippen molar-refractivity contribution in [3.05, 3.63) is 17.5 Å². The molecule has 1 fully saturated rings. The highest BCUT2D eigenvalue weighted by Crippen LogP contribution is 2.41. The average Bonchev–Trinajstić information content (AvgIpc) is 3.01. The molecule has 0 saturated heterocycles. The van der Waals surface area contributed by atoms with Gasteiger partial charge in [-0.2, -0.15) is 5.10 Å².